The molecule has 0 unspecified atom stereocenters. The van der Waals surface area contributed by atoms with Crippen molar-refractivity contribution in [2.24, 2.45) is 0 Å². The number of carbonyl (C=O) groups excluding carboxylic acids is 1. The normalized spacial score (nSPS) is 11.1. The lowest BCUT2D eigenvalue weighted by molar-refractivity contribution is -0.129. The zero-order chi connectivity index (χ0) is 20.0. The maximum atomic E-state index is 12.4. The standard InChI is InChI=1S/C21H26N2O4/c1-21(2,3)17-7-5-6-8-18(17)27-12-11-23(4)19(24)13-15-9-10-22-14-16(15)20(25)26/h5-10,14H,11-13H2,1-4H3,(H,25,26). The molecule has 0 bridgehead atoms. The lowest BCUT2D eigenvalue weighted by Gasteiger charge is -2.23. The van der Waals surface area contributed by atoms with Crippen LogP contribution in [0.1, 0.15) is 42.3 Å². The van der Waals surface area contributed by atoms with Crippen molar-refractivity contribution >= 4 is 11.9 Å². The van der Waals surface area contributed by atoms with Gasteiger partial charge in [-0.3, -0.25) is 9.78 Å². The minimum atomic E-state index is -1.09. The minimum Gasteiger partial charge on any atom is -0.491 e. The molecule has 1 amide bonds. The third-order valence-corrected chi connectivity index (χ3v) is 4.29. The summed E-state index contributed by atoms with van der Waals surface area (Å²) in [5.74, 6) is -0.444. The number of pyridine rings is 1. The monoisotopic (exact) mass is 370 g/mol. The van der Waals surface area contributed by atoms with E-state index in [1.165, 1.54) is 12.4 Å². The molecule has 6 nitrogen and oxygen atoms in total. The topological polar surface area (TPSA) is 79.7 Å². The molecule has 0 aliphatic carbocycles. The Kier molecular flexibility index (Phi) is 6.55. The Hall–Kier alpha value is -2.89. The number of carboxylic acid groups (broad SMARTS) is 1. The van der Waals surface area contributed by atoms with Crippen LogP contribution in [-0.4, -0.2) is 47.1 Å². The fourth-order valence-electron chi connectivity index (χ4n) is 2.70. The predicted molar refractivity (Wildman–Crippen MR) is 103 cm³/mol. The Morgan fingerprint density at radius 2 is 1.89 bits per heavy atom. The van der Waals surface area contributed by atoms with E-state index in [0.717, 1.165) is 11.3 Å². The highest BCUT2D eigenvalue weighted by Gasteiger charge is 2.19. The molecule has 27 heavy (non-hydrogen) atoms. The van der Waals surface area contributed by atoms with Gasteiger partial charge in [0.2, 0.25) is 5.91 Å². The van der Waals surface area contributed by atoms with E-state index in [4.69, 9.17) is 4.74 Å². The highest BCUT2D eigenvalue weighted by Crippen LogP contribution is 2.30. The van der Waals surface area contributed by atoms with Gasteiger partial charge in [-0.15, -0.1) is 0 Å². The van der Waals surface area contributed by atoms with Gasteiger partial charge in [0.05, 0.1) is 18.5 Å². The van der Waals surface area contributed by atoms with Gasteiger partial charge in [-0.05, 0) is 28.7 Å². The van der Waals surface area contributed by atoms with E-state index in [-0.39, 0.29) is 23.3 Å². The molecule has 0 fully saturated rings. The molecule has 6 heteroatoms. The number of hydrogen-bond donors (Lipinski definition) is 1. The zero-order valence-electron chi connectivity index (χ0n) is 16.2. The molecule has 2 aromatic rings. The summed E-state index contributed by atoms with van der Waals surface area (Å²) < 4.78 is 5.90. The van der Waals surface area contributed by atoms with E-state index in [1.54, 1.807) is 18.0 Å². The maximum Gasteiger partial charge on any atom is 0.337 e. The first-order valence-electron chi connectivity index (χ1n) is 8.82. The Morgan fingerprint density at radius 3 is 2.56 bits per heavy atom. The van der Waals surface area contributed by atoms with E-state index in [2.05, 4.69) is 25.8 Å². The molecule has 0 saturated carbocycles. The lowest BCUT2D eigenvalue weighted by Crippen LogP contribution is -2.32. The van der Waals surface area contributed by atoms with Crippen molar-refractivity contribution < 1.29 is 19.4 Å². The number of para-hydroxylation sites is 1. The van der Waals surface area contributed by atoms with Gasteiger partial charge in [-0.25, -0.2) is 4.79 Å². The average Bonchev–Trinajstić information content (AvgIpc) is 2.61. The second-order valence-corrected chi connectivity index (χ2v) is 7.42. The van der Waals surface area contributed by atoms with Crippen LogP contribution in [0.3, 0.4) is 0 Å². The Morgan fingerprint density at radius 1 is 1.19 bits per heavy atom. The van der Waals surface area contributed by atoms with Crippen molar-refractivity contribution in [2.45, 2.75) is 32.6 Å². The first-order valence-corrected chi connectivity index (χ1v) is 8.82. The van der Waals surface area contributed by atoms with Gasteiger partial charge in [-0.2, -0.15) is 0 Å². The number of likely N-dealkylation sites (N-methyl/N-ethyl adjacent to an activating group) is 1. The molecule has 0 aliphatic heterocycles. The summed E-state index contributed by atoms with van der Waals surface area (Å²) in [7, 11) is 1.68. The Bertz CT molecular complexity index is 812. The Labute approximate surface area is 159 Å². The zero-order valence-corrected chi connectivity index (χ0v) is 16.2. The number of ether oxygens (including phenoxy) is 1. The molecule has 0 radical (unpaired) electrons. The molecule has 0 aliphatic rings. The number of nitrogens with zero attached hydrogens (tertiary/aromatic N) is 2. The maximum absolute atomic E-state index is 12.4. The van der Waals surface area contributed by atoms with Crippen LogP contribution in [0.2, 0.25) is 0 Å². The summed E-state index contributed by atoms with van der Waals surface area (Å²) in [6.45, 7) is 7.14. The van der Waals surface area contributed by atoms with Crippen LogP contribution in [0.25, 0.3) is 0 Å². The summed E-state index contributed by atoms with van der Waals surface area (Å²) in [6, 6.07) is 9.44. The summed E-state index contributed by atoms with van der Waals surface area (Å²) in [6.07, 6.45) is 2.76. The van der Waals surface area contributed by atoms with Crippen LogP contribution in [-0.2, 0) is 16.6 Å². The van der Waals surface area contributed by atoms with Gasteiger partial charge in [-0.1, -0.05) is 39.0 Å². The highest BCUT2D eigenvalue weighted by atomic mass is 16.5. The molecule has 1 N–H and O–H groups in total. The molecule has 144 valence electrons. The van der Waals surface area contributed by atoms with E-state index >= 15 is 0 Å². The largest absolute Gasteiger partial charge is 0.491 e. The summed E-state index contributed by atoms with van der Waals surface area (Å²) in [5.41, 5.74) is 1.58. The molecular weight excluding hydrogens is 344 g/mol. The number of hydrogen-bond acceptors (Lipinski definition) is 4. The van der Waals surface area contributed by atoms with Crippen LogP contribution >= 0.6 is 0 Å². The van der Waals surface area contributed by atoms with E-state index < -0.39 is 5.97 Å². The van der Waals surface area contributed by atoms with E-state index in [9.17, 15) is 14.7 Å². The highest BCUT2D eigenvalue weighted by molar-refractivity contribution is 5.91. The number of amides is 1. The molecule has 0 spiro atoms. The number of rotatable bonds is 7. The fraction of sp³-hybridized carbons (Fsp3) is 0.381. The molecular formula is C21H26N2O4. The first-order chi connectivity index (χ1) is 12.7. The smallest absolute Gasteiger partial charge is 0.337 e. The van der Waals surface area contributed by atoms with Gasteiger partial charge < -0.3 is 14.7 Å². The summed E-state index contributed by atoms with van der Waals surface area (Å²) >= 11 is 0. The number of aromatic nitrogens is 1. The van der Waals surface area contributed by atoms with Gasteiger partial charge >= 0.3 is 5.97 Å². The molecule has 0 atom stereocenters. The van der Waals surface area contributed by atoms with Gasteiger partial charge in [0, 0.05) is 19.4 Å². The fourth-order valence-corrected chi connectivity index (χ4v) is 2.70. The van der Waals surface area contributed by atoms with Gasteiger partial charge in [0.1, 0.15) is 12.4 Å². The number of carboxylic acids is 1. The van der Waals surface area contributed by atoms with Gasteiger partial charge in [0.15, 0.2) is 0 Å². The summed E-state index contributed by atoms with van der Waals surface area (Å²) in [5, 5.41) is 9.19. The minimum absolute atomic E-state index is 0.0131. The molecule has 1 aromatic heterocycles. The molecule has 1 heterocycles. The Balaban J connectivity index is 1.94. The van der Waals surface area contributed by atoms with Crippen LogP contribution in [0.5, 0.6) is 5.75 Å². The quantitative estimate of drug-likeness (QED) is 0.810. The lowest BCUT2D eigenvalue weighted by atomic mass is 9.86. The molecule has 0 saturated heterocycles. The third kappa shape index (κ3) is 5.54. The van der Waals surface area contributed by atoms with Crippen molar-refractivity contribution in [1.82, 2.24) is 9.88 Å². The third-order valence-electron chi connectivity index (χ3n) is 4.29. The second-order valence-electron chi connectivity index (χ2n) is 7.42. The van der Waals surface area contributed by atoms with Crippen molar-refractivity contribution in [1.29, 1.82) is 0 Å². The van der Waals surface area contributed by atoms with Crippen LogP contribution in [0.15, 0.2) is 42.7 Å². The first kappa shape index (κ1) is 20.4. The number of aromatic carboxylic acids is 1. The molecule has 1 aromatic carbocycles. The average molecular weight is 370 g/mol. The van der Waals surface area contributed by atoms with Crippen molar-refractivity contribution in [3.63, 3.8) is 0 Å². The van der Waals surface area contributed by atoms with Crippen LogP contribution < -0.4 is 4.74 Å². The SMILES string of the molecule is CN(CCOc1ccccc1C(C)(C)C)C(=O)Cc1ccncc1C(=O)O. The van der Waals surface area contributed by atoms with Crippen molar-refractivity contribution in [2.75, 3.05) is 20.2 Å². The van der Waals surface area contributed by atoms with Crippen LogP contribution in [0, 0.1) is 0 Å². The van der Waals surface area contributed by atoms with Crippen molar-refractivity contribution in [3.8, 4) is 5.75 Å². The number of benzene rings is 1. The van der Waals surface area contributed by atoms with E-state index in [1.807, 2.05) is 24.3 Å². The van der Waals surface area contributed by atoms with E-state index in [0.29, 0.717) is 18.7 Å². The predicted octanol–water partition coefficient (Wildman–Crippen LogP) is 3.16. The van der Waals surface area contributed by atoms with Crippen LogP contribution in [0.4, 0.5) is 0 Å². The second kappa shape index (κ2) is 8.66. The van der Waals surface area contributed by atoms with Gasteiger partial charge in [0.25, 0.3) is 0 Å². The number of carbonyl (C=O) groups is 2. The van der Waals surface area contributed by atoms with Crippen molar-refractivity contribution in [3.05, 3.63) is 59.4 Å². The summed E-state index contributed by atoms with van der Waals surface area (Å²) in [4.78, 5) is 29.0. The molecule has 2 rings (SSSR count).